The summed E-state index contributed by atoms with van der Waals surface area (Å²) in [6.45, 7) is -1.52. The summed E-state index contributed by atoms with van der Waals surface area (Å²) < 4.78 is 40.1. The molecule has 7 nitrogen and oxygen atoms in total. The Balaban J connectivity index is 1.57. The minimum atomic E-state index is -2.96. The van der Waals surface area contributed by atoms with Crippen LogP contribution in [0.3, 0.4) is 0 Å². The Morgan fingerprint density at radius 2 is 1.79 bits per heavy atom. The number of Topliss-reactive ketones (excluding diaryl/α,β-unsaturated/α-hetero) is 1. The normalized spacial score (nSPS) is 12.1. The van der Waals surface area contributed by atoms with E-state index in [1.807, 2.05) is 0 Å². The first kappa shape index (κ1) is 20.2. The monoisotopic (exact) mass is 405 g/mol. The summed E-state index contributed by atoms with van der Waals surface area (Å²) in [7, 11) is 0. The van der Waals surface area contributed by atoms with Gasteiger partial charge < -0.3 is 13.9 Å². The van der Waals surface area contributed by atoms with Gasteiger partial charge in [0.2, 0.25) is 5.78 Å². The molecule has 0 bridgehead atoms. The van der Waals surface area contributed by atoms with Crippen molar-refractivity contribution in [3.05, 3.63) is 64.6 Å². The standard InChI is InChI=1S/C20H17F2NO6/c1-12(18(25)13-6-8-14(9-7-13)28-19(21)22)27-17(24)10-11-23-15-4-2-3-5-16(15)29-20(23)26/h2-9,12,19H,10-11H2,1H3/t12-/m0/s1. The number of benzene rings is 2. The number of aromatic nitrogens is 1. The maximum absolute atomic E-state index is 12.3. The van der Waals surface area contributed by atoms with Crippen LogP contribution in [-0.2, 0) is 16.1 Å². The van der Waals surface area contributed by atoms with E-state index in [9.17, 15) is 23.2 Å². The number of fused-ring (bicyclic) bond motifs is 1. The van der Waals surface area contributed by atoms with Crippen LogP contribution in [-0.4, -0.2) is 29.0 Å². The zero-order valence-corrected chi connectivity index (χ0v) is 15.3. The van der Waals surface area contributed by atoms with E-state index in [1.165, 1.54) is 35.8 Å². The molecule has 0 aliphatic heterocycles. The van der Waals surface area contributed by atoms with Gasteiger partial charge in [0.05, 0.1) is 11.9 Å². The van der Waals surface area contributed by atoms with Crippen LogP contribution in [0.2, 0.25) is 0 Å². The molecule has 0 radical (unpaired) electrons. The van der Waals surface area contributed by atoms with Gasteiger partial charge in [0, 0.05) is 12.1 Å². The molecule has 9 heteroatoms. The molecule has 29 heavy (non-hydrogen) atoms. The van der Waals surface area contributed by atoms with Crippen LogP contribution in [0, 0.1) is 0 Å². The van der Waals surface area contributed by atoms with Crippen molar-refractivity contribution in [3.8, 4) is 5.75 Å². The first-order chi connectivity index (χ1) is 13.8. The second kappa shape index (κ2) is 8.68. The first-order valence-electron chi connectivity index (χ1n) is 8.72. The van der Waals surface area contributed by atoms with E-state index in [1.54, 1.807) is 24.3 Å². The summed E-state index contributed by atoms with van der Waals surface area (Å²) in [5, 5.41) is 0. The number of ether oxygens (including phenoxy) is 2. The lowest BCUT2D eigenvalue weighted by molar-refractivity contribution is -0.146. The molecule has 0 N–H and O–H groups in total. The number of nitrogens with zero attached hydrogens (tertiary/aromatic N) is 1. The topological polar surface area (TPSA) is 87.7 Å². The Morgan fingerprint density at radius 1 is 1.10 bits per heavy atom. The molecule has 0 aliphatic carbocycles. The first-order valence-corrected chi connectivity index (χ1v) is 8.72. The molecule has 3 aromatic rings. The van der Waals surface area contributed by atoms with Crippen LogP contribution < -0.4 is 10.5 Å². The number of aryl methyl sites for hydroxylation is 1. The Labute approximate surface area is 163 Å². The number of carbonyl (C=O) groups excluding carboxylic acids is 2. The lowest BCUT2D eigenvalue weighted by Crippen LogP contribution is -2.25. The fourth-order valence-electron chi connectivity index (χ4n) is 2.77. The van der Waals surface area contributed by atoms with E-state index in [4.69, 9.17) is 9.15 Å². The summed E-state index contributed by atoms with van der Waals surface area (Å²) in [5.74, 6) is -1.83. The molecule has 2 aromatic carbocycles. The fourth-order valence-corrected chi connectivity index (χ4v) is 2.77. The molecule has 0 aliphatic rings. The summed E-state index contributed by atoms with van der Waals surface area (Å²) >= 11 is 0. The van der Waals surface area contributed by atoms with Gasteiger partial charge in [-0.3, -0.25) is 14.2 Å². The van der Waals surface area contributed by atoms with Crippen LogP contribution in [0.5, 0.6) is 5.75 Å². The number of halogens is 2. The quantitative estimate of drug-likeness (QED) is 0.422. The highest BCUT2D eigenvalue weighted by Gasteiger charge is 2.20. The molecule has 0 unspecified atom stereocenters. The molecule has 1 aromatic heterocycles. The van der Waals surface area contributed by atoms with Crippen molar-refractivity contribution in [2.75, 3.05) is 0 Å². The lowest BCUT2D eigenvalue weighted by Gasteiger charge is -2.13. The second-order valence-electron chi connectivity index (χ2n) is 6.14. The highest BCUT2D eigenvalue weighted by molar-refractivity contribution is 6.00. The number of ketones is 1. The SMILES string of the molecule is C[C@H](OC(=O)CCn1c(=O)oc2ccccc21)C(=O)c1ccc(OC(F)F)cc1. The maximum atomic E-state index is 12.3. The Kier molecular flexibility index (Phi) is 6.06. The van der Waals surface area contributed by atoms with Crippen LogP contribution in [0.25, 0.3) is 11.1 Å². The molecule has 0 saturated heterocycles. The van der Waals surface area contributed by atoms with E-state index in [0.717, 1.165) is 0 Å². The molecule has 0 spiro atoms. The maximum Gasteiger partial charge on any atom is 0.419 e. The number of para-hydroxylation sites is 2. The van der Waals surface area contributed by atoms with Gasteiger partial charge in [-0.25, -0.2) is 4.79 Å². The van der Waals surface area contributed by atoms with E-state index in [-0.39, 0.29) is 24.3 Å². The Morgan fingerprint density at radius 3 is 2.48 bits per heavy atom. The van der Waals surface area contributed by atoms with Crippen molar-refractivity contribution in [1.29, 1.82) is 0 Å². The van der Waals surface area contributed by atoms with E-state index in [0.29, 0.717) is 11.1 Å². The number of hydrogen-bond acceptors (Lipinski definition) is 6. The fraction of sp³-hybridized carbons (Fsp3) is 0.250. The molecule has 152 valence electrons. The number of rotatable bonds is 8. The molecule has 3 rings (SSSR count). The highest BCUT2D eigenvalue weighted by atomic mass is 19.3. The van der Waals surface area contributed by atoms with Gasteiger partial charge >= 0.3 is 18.3 Å². The largest absolute Gasteiger partial charge is 0.454 e. The summed E-state index contributed by atoms with van der Waals surface area (Å²) in [5.41, 5.74) is 1.15. The van der Waals surface area contributed by atoms with E-state index in [2.05, 4.69) is 4.74 Å². The van der Waals surface area contributed by atoms with Gasteiger partial charge in [0.15, 0.2) is 11.7 Å². The smallest absolute Gasteiger partial charge is 0.419 e. The van der Waals surface area contributed by atoms with Gasteiger partial charge in [-0.1, -0.05) is 12.1 Å². The molecule has 1 heterocycles. The van der Waals surface area contributed by atoms with E-state index < -0.39 is 30.2 Å². The molecule has 0 fully saturated rings. The van der Waals surface area contributed by atoms with Gasteiger partial charge in [0.1, 0.15) is 5.75 Å². The molecule has 1 atom stereocenters. The number of esters is 1. The van der Waals surface area contributed by atoms with Gasteiger partial charge in [0.25, 0.3) is 0 Å². The predicted molar refractivity (Wildman–Crippen MR) is 98.0 cm³/mol. The number of carbonyl (C=O) groups is 2. The van der Waals surface area contributed by atoms with Crippen LogP contribution in [0.4, 0.5) is 8.78 Å². The number of hydrogen-bond donors (Lipinski definition) is 0. The second-order valence-corrected chi connectivity index (χ2v) is 6.14. The number of oxazole rings is 1. The van der Waals surface area contributed by atoms with Gasteiger partial charge in [-0.05, 0) is 43.3 Å². The van der Waals surface area contributed by atoms with Crippen molar-refractivity contribution in [1.82, 2.24) is 4.57 Å². The van der Waals surface area contributed by atoms with Crippen LogP contribution >= 0.6 is 0 Å². The van der Waals surface area contributed by atoms with Crippen LogP contribution in [0.15, 0.2) is 57.7 Å². The summed E-state index contributed by atoms with van der Waals surface area (Å²) in [6, 6.07) is 11.9. The molecule has 0 amide bonds. The van der Waals surface area contributed by atoms with Crippen molar-refractivity contribution in [2.45, 2.75) is 32.6 Å². The number of alkyl halides is 2. The highest BCUT2D eigenvalue weighted by Crippen LogP contribution is 2.17. The van der Waals surface area contributed by atoms with E-state index >= 15 is 0 Å². The van der Waals surface area contributed by atoms with Crippen molar-refractivity contribution >= 4 is 22.9 Å². The van der Waals surface area contributed by atoms with Crippen molar-refractivity contribution in [3.63, 3.8) is 0 Å². The Bertz CT molecular complexity index is 1070. The summed E-state index contributed by atoms with van der Waals surface area (Å²) in [6.07, 6.45) is -1.22. The predicted octanol–water partition coefficient (Wildman–Crippen LogP) is 3.40. The lowest BCUT2D eigenvalue weighted by atomic mass is 10.1. The minimum absolute atomic E-state index is 0.0370. The Hall–Kier alpha value is -3.49. The van der Waals surface area contributed by atoms with Crippen LogP contribution in [0.1, 0.15) is 23.7 Å². The molecular weight excluding hydrogens is 388 g/mol. The summed E-state index contributed by atoms with van der Waals surface area (Å²) in [4.78, 5) is 36.3. The average molecular weight is 405 g/mol. The molecular formula is C20H17F2NO6. The van der Waals surface area contributed by atoms with Gasteiger partial charge in [-0.15, -0.1) is 0 Å². The average Bonchev–Trinajstić information content (AvgIpc) is 3.01. The minimum Gasteiger partial charge on any atom is -0.454 e. The third kappa shape index (κ3) is 4.87. The zero-order chi connectivity index (χ0) is 21.0. The van der Waals surface area contributed by atoms with Gasteiger partial charge in [-0.2, -0.15) is 8.78 Å². The third-order valence-electron chi connectivity index (χ3n) is 4.15. The molecule has 0 saturated carbocycles. The van der Waals surface area contributed by atoms with Crippen molar-refractivity contribution in [2.24, 2.45) is 0 Å². The van der Waals surface area contributed by atoms with Crippen molar-refractivity contribution < 1.29 is 32.3 Å². The third-order valence-corrected chi connectivity index (χ3v) is 4.15. The zero-order valence-electron chi connectivity index (χ0n) is 15.3.